The van der Waals surface area contributed by atoms with Crippen molar-refractivity contribution in [2.24, 2.45) is 17.6 Å². The van der Waals surface area contributed by atoms with Crippen LogP contribution in [0.3, 0.4) is 0 Å². The minimum Gasteiger partial charge on any atom is -0.493 e. The van der Waals surface area contributed by atoms with Crippen molar-refractivity contribution in [2.75, 3.05) is 21.3 Å². The molecule has 0 heterocycles. The lowest BCUT2D eigenvalue weighted by Crippen LogP contribution is -2.48. The molecule has 0 spiro atoms. The second-order valence-corrected chi connectivity index (χ2v) is 11.7. The number of Topliss-reactive ketones (excluding diaryl/α,β-unsaturated/α-hetero) is 1. The van der Waals surface area contributed by atoms with Crippen molar-refractivity contribution >= 4 is 23.7 Å². The zero-order valence-corrected chi connectivity index (χ0v) is 27.7. The van der Waals surface area contributed by atoms with Gasteiger partial charge in [0.25, 0.3) is 0 Å². The molecule has 8 nitrogen and oxygen atoms in total. The van der Waals surface area contributed by atoms with E-state index in [1.54, 1.807) is 20.3 Å². The summed E-state index contributed by atoms with van der Waals surface area (Å²) in [4.78, 5) is 27.4. The molecule has 0 amide bonds. The molecule has 0 radical (unpaired) electrons. The van der Waals surface area contributed by atoms with Gasteiger partial charge in [0.2, 0.25) is 0 Å². The van der Waals surface area contributed by atoms with Crippen LogP contribution in [0.15, 0.2) is 103 Å². The summed E-state index contributed by atoms with van der Waals surface area (Å²) in [5.41, 5.74) is 9.82. The predicted molar refractivity (Wildman–Crippen MR) is 187 cm³/mol. The number of nitrogens with one attached hydrogen (secondary N) is 2. The molecule has 0 aromatic heterocycles. The van der Waals surface area contributed by atoms with Gasteiger partial charge in [-0.15, -0.1) is 0 Å². The van der Waals surface area contributed by atoms with Crippen molar-refractivity contribution in [3.8, 4) is 11.5 Å². The van der Waals surface area contributed by atoms with Crippen LogP contribution in [0.5, 0.6) is 11.5 Å². The number of ether oxygens (including phenoxy) is 3. The Balaban J connectivity index is 1.61. The van der Waals surface area contributed by atoms with E-state index in [1.165, 1.54) is 7.11 Å². The number of carbonyl (C=O) groups is 2. The van der Waals surface area contributed by atoms with E-state index in [4.69, 9.17) is 25.4 Å². The lowest BCUT2D eigenvalue weighted by atomic mass is 9.80. The first-order valence-electron chi connectivity index (χ1n) is 15.9. The van der Waals surface area contributed by atoms with E-state index in [9.17, 15) is 9.59 Å². The molecule has 3 aromatic carbocycles. The highest BCUT2D eigenvalue weighted by Gasteiger charge is 2.33. The van der Waals surface area contributed by atoms with E-state index < -0.39 is 24.0 Å². The maximum Gasteiger partial charge on any atom is 0.310 e. The minimum atomic E-state index is -0.659. The Kier molecular flexibility index (Phi) is 12.3. The summed E-state index contributed by atoms with van der Waals surface area (Å²) < 4.78 is 16.2. The van der Waals surface area contributed by atoms with Crippen molar-refractivity contribution in [1.29, 1.82) is 5.41 Å². The van der Waals surface area contributed by atoms with Crippen LogP contribution in [0.4, 0.5) is 0 Å². The molecule has 0 saturated carbocycles. The SMILES string of the molecule is CCC(NC(/C=C/c1ccccc1)C(Cc1cccc(C(=N)N)c1)C(=O)OC)C(=O)C1=CC(C)C(c2ccc(OC)c(OC)c2)C=C1. The number of rotatable bonds is 15. The molecule has 4 N–H and O–H groups in total. The molecule has 47 heavy (non-hydrogen) atoms. The lowest BCUT2D eigenvalue weighted by Gasteiger charge is -2.29. The lowest BCUT2D eigenvalue weighted by molar-refractivity contribution is -0.146. The van der Waals surface area contributed by atoms with Gasteiger partial charge >= 0.3 is 5.97 Å². The van der Waals surface area contributed by atoms with E-state index in [1.807, 2.05) is 98.0 Å². The first kappa shape index (κ1) is 34.9. The zero-order valence-electron chi connectivity index (χ0n) is 27.7. The van der Waals surface area contributed by atoms with E-state index in [-0.39, 0.29) is 23.5 Å². The van der Waals surface area contributed by atoms with Gasteiger partial charge in [-0.25, -0.2) is 0 Å². The van der Waals surface area contributed by atoms with E-state index in [2.05, 4.69) is 18.3 Å². The zero-order chi connectivity index (χ0) is 33.9. The molecule has 4 rings (SSSR count). The number of esters is 1. The fourth-order valence-electron chi connectivity index (χ4n) is 5.99. The van der Waals surface area contributed by atoms with Gasteiger partial charge in [0, 0.05) is 23.1 Å². The third-order valence-corrected chi connectivity index (χ3v) is 8.61. The van der Waals surface area contributed by atoms with E-state index >= 15 is 0 Å². The van der Waals surface area contributed by atoms with E-state index in [0.717, 1.165) is 16.7 Å². The van der Waals surface area contributed by atoms with Crippen LogP contribution in [-0.4, -0.2) is 51.0 Å². The normalized spacial score (nSPS) is 17.8. The van der Waals surface area contributed by atoms with Crippen LogP contribution in [0.2, 0.25) is 0 Å². The number of nitrogen functional groups attached to an aromatic ring is 1. The first-order chi connectivity index (χ1) is 22.7. The van der Waals surface area contributed by atoms with Crippen molar-refractivity contribution in [3.05, 3.63) is 125 Å². The van der Waals surface area contributed by atoms with Crippen molar-refractivity contribution in [3.63, 3.8) is 0 Å². The third-order valence-electron chi connectivity index (χ3n) is 8.61. The Labute approximate surface area is 277 Å². The number of amidine groups is 1. The van der Waals surface area contributed by atoms with Gasteiger partial charge in [-0.05, 0) is 53.6 Å². The Hall–Kier alpha value is -4.95. The molecule has 3 aromatic rings. The summed E-state index contributed by atoms with van der Waals surface area (Å²) in [7, 11) is 4.60. The van der Waals surface area contributed by atoms with Gasteiger partial charge in [0.05, 0.1) is 33.3 Å². The van der Waals surface area contributed by atoms with Gasteiger partial charge in [0.1, 0.15) is 5.84 Å². The van der Waals surface area contributed by atoms with Gasteiger partial charge in [0.15, 0.2) is 17.3 Å². The average molecular weight is 636 g/mol. The smallest absolute Gasteiger partial charge is 0.310 e. The summed E-state index contributed by atoms with van der Waals surface area (Å²) in [6.45, 7) is 4.06. The summed E-state index contributed by atoms with van der Waals surface area (Å²) in [6, 6.07) is 21.9. The quantitative estimate of drug-likeness (QED) is 0.102. The standard InChI is InChI=1S/C39H45N3O5/c1-6-33(37(43)29-16-18-31(25(2)21-29)28-17-20-35(45-3)36(24-28)46-4)42-34(19-15-26-11-8-7-9-12-26)32(39(44)47-5)23-27-13-10-14-30(22-27)38(40)41/h7-22,24-25,31-34,42H,6,23H2,1-5H3,(H3,40,41)/b19-15+. The number of ketones is 1. The number of hydrogen-bond acceptors (Lipinski definition) is 7. The highest BCUT2D eigenvalue weighted by atomic mass is 16.5. The largest absolute Gasteiger partial charge is 0.493 e. The molecule has 0 fully saturated rings. The number of benzene rings is 3. The van der Waals surface area contributed by atoms with Crippen LogP contribution in [0, 0.1) is 17.2 Å². The molecule has 5 unspecified atom stereocenters. The molecule has 1 aliphatic rings. The molecule has 0 bridgehead atoms. The van der Waals surface area contributed by atoms with Crippen LogP contribution in [0.25, 0.3) is 6.08 Å². The monoisotopic (exact) mass is 635 g/mol. The van der Waals surface area contributed by atoms with Gasteiger partial charge < -0.3 is 19.9 Å². The first-order valence-corrected chi connectivity index (χ1v) is 15.9. The maximum atomic E-state index is 14.1. The van der Waals surface area contributed by atoms with Crippen LogP contribution in [-0.2, 0) is 20.7 Å². The molecular weight excluding hydrogens is 590 g/mol. The topological polar surface area (TPSA) is 124 Å². The molecular formula is C39H45N3O5. The van der Waals surface area contributed by atoms with Crippen LogP contribution < -0.4 is 20.5 Å². The van der Waals surface area contributed by atoms with Gasteiger partial charge in [-0.2, -0.15) is 0 Å². The summed E-state index contributed by atoms with van der Waals surface area (Å²) >= 11 is 0. The Morgan fingerprint density at radius 3 is 2.36 bits per heavy atom. The highest BCUT2D eigenvalue weighted by molar-refractivity contribution is 6.02. The number of hydrogen-bond donors (Lipinski definition) is 3. The predicted octanol–water partition coefficient (Wildman–Crippen LogP) is 6.25. The number of nitrogens with two attached hydrogens (primary N) is 1. The second kappa shape index (κ2) is 16.6. The van der Waals surface area contributed by atoms with Gasteiger partial charge in [-0.3, -0.25) is 20.3 Å². The molecule has 246 valence electrons. The maximum absolute atomic E-state index is 14.1. The van der Waals surface area contributed by atoms with E-state index in [0.29, 0.717) is 35.5 Å². The third kappa shape index (κ3) is 8.86. The Bertz CT molecular complexity index is 1650. The number of allylic oxidation sites excluding steroid dienone is 3. The summed E-state index contributed by atoms with van der Waals surface area (Å²) in [5, 5.41) is 11.4. The highest BCUT2D eigenvalue weighted by Crippen LogP contribution is 2.37. The van der Waals surface area contributed by atoms with Gasteiger partial charge in [-0.1, -0.05) is 98.8 Å². The summed E-state index contributed by atoms with van der Waals surface area (Å²) in [5.74, 6) is 0.297. The average Bonchev–Trinajstić information content (AvgIpc) is 3.10. The fourth-order valence-corrected chi connectivity index (χ4v) is 5.99. The molecule has 1 aliphatic carbocycles. The molecule has 0 aliphatic heterocycles. The number of methoxy groups -OCH3 is 3. The second-order valence-electron chi connectivity index (χ2n) is 11.7. The molecule has 8 heteroatoms. The van der Waals surface area contributed by atoms with Crippen LogP contribution >= 0.6 is 0 Å². The fraction of sp³-hybridized carbons (Fsp3) is 0.308. The van der Waals surface area contributed by atoms with Crippen molar-refractivity contribution in [1.82, 2.24) is 5.32 Å². The molecule has 5 atom stereocenters. The minimum absolute atomic E-state index is 0.0401. The van der Waals surface area contributed by atoms with Crippen LogP contribution in [0.1, 0.15) is 48.4 Å². The van der Waals surface area contributed by atoms with Crippen molar-refractivity contribution < 1.29 is 23.8 Å². The Morgan fingerprint density at radius 1 is 0.979 bits per heavy atom. The number of carbonyl (C=O) groups excluding carboxylic acids is 2. The van der Waals surface area contributed by atoms with Crippen molar-refractivity contribution in [2.45, 2.75) is 44.7 Å². The Morgan fingerprint density at radius 2 is 1.72 bits per heavy atom. The molecule has 0 saturated heterocycles. The summed E-state index contributed by atoms with van der Waals surface area (Å²) in [6.07, 6.45) is 10.7.